The monoisotopic (exact) mass is 275 g/mol. The summed E-state index contributed by atoms with van der Waals surface area (Å²) in [5, 5.41) is 0. The smallest absolute Gasteiger partial charge is 0.389 e. The number of benzene rings is 1. The first-order valence-corrected chi connectivity index (χ1v) is 6.17. The minimum absolute atomic E-state index is 0.136. The Kier molecular flexibility index (Phi) is 4.19. The molecular weight excluding hydrogens is 259 g/mol. The summed E-state index contributed by atoms with van der Waals surface area (Å²) in [6.45, 7) is 1.11. The summed E-state index contributed by atoms with van der Waals surface area (Å²) in [5.41, 5.74) is 6.41. The van der Waals surface area contributed by atoms with Crippen LogP contribution in [0.1, 0.15) is 30.9 Å². The molecule has 19 heavy (non-hydrogen) atoms. The number of ether oxygens (including phenoxy) is 2. The van der Waals surface area contributed by atoms with E-state index in [-0.39, 0.29) is 6.42 Å². The van der Waals surface area contributed by atoms with Crippen LogP contribution in [-0.2, 0) is 0 Å². The maximum atomic E-state index is 12.2. The Bertz CT molecular complexity index is 434. The summed E-state index contributed by atoms with van der Waals surface area (Å²) in [6.07, 6.45) is -4.42. The Morgan fingerprint density at radius 2 is 1.84 bits per heavy atom. The van der Waals surface area contributed by atoms with Crippen molar-refractivity contribution in [2.75, 3.05) is 13.2 Å². The lowest BCUT2D eigenvalue weighted by atomic mass is 10.0. The number of nitrogens with two attached hydrogens (primary N) is 1. The molecule has 0 amide bonds. The number of hydrogen-bond acceptors (Lipinski definition) is 3. The fraction of sp³-hybridized carbons (Fsp3) is 0.538. The first-order chi connectivity index (χ1) is 8.96. The van der Waals surface area contributed by atoms with E-state index in [0.29, 0.717) is 30.3 Å². The van der Waals surface area contributed by atoms with Crippen molar-refractivity contribution in [1.82, 2.24) is 0 Å². The van der Waals surface area contributed by atoms with Crippen LogP contribution in [0, 0.1) is 0 Å². The molecule has 1 aliphatic heterocycles. The van der Waals surface area contributed by atoms with Gasteiger partial charge < -0.3 is 15.2 Å². The van der Waals surface area contributed by atoms with E-state index >= 15 is 0 Å². The van der Waals surface area contributed by atoms with Crippen molar-refractivity contribution < 1.29 is 22.6 Å². The fourth-order valence-corrected chi connectivity index (χ4v) is 1.90. The molecule has 0 radical (unpaired) electrons. The highest BCUT2D eigenvalue weighted by atomic mass is 19.4. The first kappa shape index (κ1) is 14.0. The standard InChI is InChI=1S/C13H16F3NO2/c14-13(15,16)5-4-10(17)9-2-3-11-12(8-9)19-7-1-6-18-11/h2-3,8,10H,1,4-7,17H2. The van der Waals surface area contributed by atoms with E-state index in [1.807, 2.05) is 0 Å². The van der Waals surface area contributed by atoms with Gasteiger partial charge in [-0.2, -0.15) is 13.2 Å². The topological polar surface area (TPSA) is 44.5 Å². The van der Waals surface area contributed by atoms with Crippen LogP contribution in [0.4, 0.5) is 13.2 Å². The molecule has 0 aromatic heterocycles. The number of fused-ring (bicyclic) bond motifs is 1. The van der Waals surface area contributed by atoms with Crippen LogP contribution in [0.15, 0.2) is 18.2 Å². The van der Waals surface area contributed by atoms with Gasteiger partial charge in [-0.05, 0) is 24.1 Å². The zero-order valence-electron chi connectivity index (χ0n) is 10.4. The predicted octanol–water partition coefficient (Wildman–Crippen LogP) is 3.19. The molecule has 0 spiro atoms. The van der Waals surface area contributed by atoms with E-state index < -0.39 is 18.6 Å². The lowest BCUT2D eigenvalue weighted by molar-refractivity contribution is -0.136. The lowest BCUT2D eigenvalue weighted by Crippen LogP contribution is -2.15. The molecule has 0 bridgehead atoms. The zero-order valence-corrected chi connectivity index (χ0v) is 10.4. The van der Waals surface area contributed by atoms with Crippen LogP contribution < -0.4 is 15.2 Å². The van der Waals surface area contributed by atoms with Crippen molar-refractivity contribution in [1.29, 1.82) is 0 Å². The molecule has 0 saturated heterocycles. The van der Waals surface area contributed by atoms with Gasteiger partial charge in [-0.1, -0.05) is 6.07 Å². The molecular formula is C13H16F3NO2. The fourth-order valence-electron chi connectivity index (χ4n) is 1.90. The SMILES string of the molecule is NC(CCC(F)(F)F)c1ccc2c(c1)OCCCO2. The van der Waals surface area contributed by atoms with Gasteiger partial charge in [-0.3, -0.25) is 0 Å². The van der Waals surface area contributed by atoms with Crippen LogP contribution in [0.25, 0.3) is 0 Å². The van der Waals surface area contributed by atoms with Crippen LogP contribution in [-0.4, -0.2) is 19.4 Å². The quantitative estimate of drug-likeness (QED) is 0.921. The maximum absolute atomic E-state index is 12.2. The molecule has 2 rings (SSSR count). The molecule has 1 atom stereocenters. The Morgan fingerprint density at radius 3 is 2.53 bits per heavy atom. The Balaban J connectivity index is 2.06. The van der Waals surface area contributed by atoms with Crippen molar-refractivity contribution >= 4 is 0 Å². The second kappa shape index (κ2) is 5.69. The van der Waals surface area contributed by atoms with Gasteiger partial charge in [0.15, 0.2) is 11.5 Å². The average Bonchev–Trinajstić information content (AvgIpc) is 2.59. The summed E-state index contributed by atoms with van der Waals surface area (Å²) in [6, 6.07) is 4.40. The van der Waals surface area contributed by atoms with E-state index in [2.05, 4.69) is 0 Å². The van der Waals surface area contributed by atoms with Gasteiger partial charge in [-0.15, -0.1) is 0 Å². The second-order valence-corrected chi connectivity index (χ2v) is 4.52. The summed E-state index contributed by atoms with van der Waals surface area (Å²) in [4.78, 5) is 0. The van der Waals surface area contributed by atoms with Gasteiger partial charge in [0.1, 0.15) is 0 Å². The Hall–Kier alpha value is -1.43. The predicted molar refractivity (Wildman–Crippen MR) is 64.3 cm³/mol. The van der Waals surface area contributed by atoms with E-state index in [1.54, 1.807) is 18.2 Å². The molecule has 0 fully saturated rings. The van der Waals surface area contributed by atoms with Crippen LogP contribution in [0.2, 0.25) is 0 Å². The van der Waals surface area contributed by atoms with Crippen LogP contribution in [0.3, 0.4) is 0 Å². The molecule has 6 heteroatoms. The van der Waals surface area contributed by atoms with Gasteiger partial charge in [-0.25, -0.2) is 0 Å². The van der Waals surface area contributed by atoms with Crippen molar-refractivity contribution in [3.8, 4) is 11.5 Å². The van der Waals surface area contributed by atoms with E-state index in [0.717, 1.165) is 6.42 Å². The van der Waals surface area contributed by atoms with Crippen molar-refractivity contribution in [2.24, 2.45) is 5.73 Å². The summed E-state index contributed by atoms with van der Waals surface area (Å²) in [5.74, 6) is 1.17. The molecule has 1 unspecified atom stereocenters. The molecule has 1 aromatic rings. The molecule has 1 aliphatic rings. The lowest BCUT2D eigenvalue weighted by Gasteiger charge is -2.15. The molecule has 1 heterocycles. The largest absolute Gasteiger partial charge is 0.490 e. The second-order valence-electron chi connectivity index (χ2n) is 4.52. The molecule has 3 nitrogen and oxygen atoms in total. The van der Waals surface area contributed by atoms with Gasteiger partial charge >= 0.3 is 6.18 Å². The third-order valence-electron chi connectivity index (χ3n) is 2.94. The van der Waals surface area contributed by atoms with Gasteiger partial charge in [0.2, 0.25) is 0 Å². The summed E-state index contributed by atoms with van der Waals surface area (Å²) >= 11 is 0. The molecule has 1 aromatic carbocycles. The average molecular weight is 275 g/mol. The van der Waals surface area contributed by atoms with Crippen LogP contribution in [0.5, 0.6) is 11.5 Å². The van der Waals surface area contributed by atoms with Gasteiger partial charge in [0.25, 0.3) is 0 Å². The molecule has 106 valence electrons. The van der Waals surface area contributed by atoms with E-state index in [1.165, 1.54) is 0 Å². The minimum Gasteiger partial charge on any atom is -0.490 e. The summed E-state index contributed by atoms with van der Waals surface area (Å²) in [7, 11) is 0. The zero-order chi connectivity index (χ0) is 13.9. The highest BCUT2D eigenvalue weighted by molar-refractivity contribution is 5.44. The number of halogens is 3. The number of alkyl halides is 3. The molecule has 0 saturated carbocycles. The van der Waals surface area contributed by atoms with Crippen molar-refractivity contribution in [3.63, 3.8) is 0 Å². The van der Waals surface area contributed by atoms with Gasteiger partial charge in [0.05, 0.1) is 13.2 Å². The van der Waals surface area contributed by atoms with Gasteiger partial charge in [0, 0.05) is 18.9 Å². The number of hydrogen-bond donors (Lipinski definition) is 1. The number of rotatable bonds is 3. The van der Waals surface area contributed by atoms with Crippen LogP contribution >= 0.6 is 0 Å². The Labute approximate surface area is 109 Å². The highest BCUT2D eigenvalue weighted by Gasteiger charge is 2.28. The first-order valence-electron chi connectivity index (χ1n) is 6.17. The highest BCUT2D eigenvalue weighted by Crippen LogP contribution is 2.33. The minimum atomic E-state index is -4.18. The molecule has 0 aliphatic carbocycles. The Morgan fingerprint density at radius 1 is 1.16 bits per heavy atom. The maximum Gasteiger partial charge on any atom is 0.389 e. The molecule has 2 N–H and O–H groups in total. The van der Waals surface area contributed by atoms with E-state index in [9.17, 15) is 13.2 Å². The normalized spacial score (nSPS) is 16.8. The van der Waals surface area contributed by atoms with E-state index in [4.69, 9.17) is 15.2 Å². The van der Waals surface area contributed by atoms with Crippen molar-refractivity contribution in [2.45, 2.75) is 31.5 Å². The third kappa shape index (κ3) is 4.02. The summed E-state index contributed by atoms with van der Waals surface area (Å²) < 4.78 is 47.4. The third-order valence-corrected chi connectivity index (χ3v) is 2.94. The van der Waals surface area contributed by atoms with Crippen molar-refractivity contribution in [3.05, 3.63) is 23.8 Å².